The average Bonchev–Trinajstić information content (AvgIpc) is 3.65. The summed E-state index contributed by atoms with van der Waals surface area (Å²) in [7, 11) is 0. The first-order chi connectivity index (χ1) is 20.2. The molecular weight excluding hydrogens is 516 g/mol. The molecule has 0 unspecified atom stereocenters. The maximum absolute atomic E-state index is 2.47. The highest BCUT2D eigenvalue weighted by atomic mass is 32.1. The summed E-state index contributed by atoms with van der Waals surface area (Å²) in [5, 5.41) is 7.86. The molecule has 9 aromatic rings. The molecule has 3 heterocycles. The van der Waals surface area contributed by atoms with Crippen molar-refractivity contribution in [3.8, 4) is 11.4 Å². The molecule has 3 aromatic heterocycles. The van der Waals surface area contributed by atoms with Crippen molar-refractivity contribution in [2.45, 2.75) is 13.8 Å². The number of hydrogen-bond acceptors (Lipinski definition) is 1. The van der Waals surface area contributed by atoms with Gasteiger partial charge in [-0.25, -0.2) is 0 Å². The maximum atomic E-state index is 2.47. The molecule has 2 nitrogen and oxygen atoms in total. The average molecular weight is 543 g/mol. The number of thiophene rings is 1. The lowest BCUT2D eigenvalue weighted by Gasteiger charge is -2.08. The number of benzene rings is 6. The Balaban J connectivity index is 1.51. The monoisotopic (exact) mass is 542 g/mol. The number of aryl methyl sites for hydroxylation is 2. The van der Waals surface area contributed by atoms with Gasteiger partial charge in [0.25, 0.3) is 0 Å². The number of nitrogens with zero attached hydrogens (tertiary/aromatic N) is 2. The zero-order valence-corrected chi connectivity index (χ0v) is 23.7. The highest BCUT2D eigenvalue weighted by Crippen LogP contribution is 2.47. The van der Waals surface area contributed by atoms with Gasteiger partial charge in [-0.15, -0.1) is 11.3 Å². The third-order valence-electron chi connectivity index (χ3n) is 8.60. The molecule has 0 atom stereocenters. The fourth-order valence-corrected chi connectivity index (χ4v) is 8.18. The van der Waals surface area contributed by atoms with Gasteiger partial charge in [-0.2, -0.15) is 0 Å². The number of para-hydroxylation sites is 2. The Morgan fingerprint density at radius 1 is 0.415 bits per heavy atom. The largest absolute Gasteiger partial charge is 0.308 e. The topological polar surface area (TPSA) is 9.86 Å². The van der Waals surface area contributed by atoms with E-state index in [2.05, 4.69) is 144 Å². The zero-order chi connectivity index (χ0) is 27.2. The van der Waals surface area contributed by atoms with Crippen LogP contribution in [0.25, 0.3) is 75.2 Å². The summed E-state index contributed by atoms with van der Waals surface area (Å²) in [6, 6.07) is 44.7. The molecule has 0 saturated carbocycles. The minimum absolute atomic E-state index is 1.19. The summed E-state index contributed by atoms with van der Waals surface area (Å²) in [5.74, 6) is 0. The van der Waals surface area contributed by atoms with E-state index in [1.165, 1.54) is 86.3 Å². The van der Waals surface area contributed by atoms with Gasteiger partial charge in [-0.05, 0) is 62.4 Å². The summed E-state index contributed by atoms with van der Waals surface area (Å²) in [4.78, 5) is 0. The predicted molar refractivity (Wildman–Crippen MR) is 177 cm³/mol. The van der Waals surface area contributed by atoms with Gasteiger partial charge in [0.2, 0.25) is 0 Å². The Morgan fingerprint density at radius 2 is 0.829 bits per heavy atom. The molecule has 0 spiro atoms. The summed E-state index contributed by atoms with van der Waals surface area (Å²) >= 11 is 1.94. The fourth-order valence-electron chi connectivity index (χ4n) is 6.81. The summed E-state index contributed by atoms with van der Waals surface area (Å²) in [5.41, 5.74) is 10.0. The van der Waals surface area contributed by atoms with Gasteiger partial charge in [0.15, 0.2) is 0 Å². The van der Waals surface area contributed by atoms with Gasteiger partial charge in [-0.3, -0.25) is 0 Å². The van der Waals surface area contributed by atoms with Crippen LogP contribution in [-0.4, -0.2) is 9.13 Å². The van der Waals surface area contributed by atoms with Gasteiger partial charge >= 0.3 is 0 Å². The molecule has 0 radical (unpaired) electrons. The minimum atomic E-state index is 1.19. The molecule has 0 bridgehead atoms. The van der Waals surface area contributed by atoms with Gasteiger partial charge in [0.05, 0.1) is 31.5 Å². The SMILES string of the molecule is Cc1ccc2c(c1)c1ccc3c4ccc5c6cc(C)ccc6n(-c6ccccc6)c5c4sc3c1n2-c1ccccc1. The van der Waals surface area contributed by atoms with E-state index in [4.69, 9.17) is 0 Å². The van der Waals surface area contributed by atoms with Crippen LogP contribution in [0.2, 0.25) is 0 Å². The Bertz CT molecular complexity index is 2300. The molecule has 194 valence electrons. The molecule has 0 aliphatic heterocycles. The standard InChI is InChI=1S/C38H26N2S/c1-23-13-19-33-31(21-23)27-15-17-29-30-18-16-28-32-22-24(2)14-20-34(32)40(26-11-7-4-8-12-26)36(28)38(30)41-37(29)35(27)39(33)25-9-5-3-6-10-25/h3-22H,1-2H3. The lowest BCUT2D eigenvalue weighted by atomic mass is 10.1. The van der Waals surface area contributed by atoms with E-state index in [-0.39, 0.29) is 0 Å². The van der Waals surface area contributed by atoms with E-state index in [1.54, 1.807) is 0 Å². The van der Waals surface area contributed by atoms with E-state index >= 15 is 0 Å². The van der Waals surface area contributed by atoms with Crippen LogP contribution < -0.4 is 0 Å². The molecule has 0 fully saturated rings. The van der Waals surface area contributed by atoms with Crippen molar-refractivity contribution < 1.29 is 0 Å². The van der Waals surface area contributed by atoms with E-state index in [1.807, 2.05) is 11.3 Å². The summed E-state index contributed by atoms with van der Waals surface area (Å²) < 4.78 is 7.61. The highest BCUT2D eigenvalue weighted by Gasteiger charge is 2.21. The van der Waals surface area contributed by atoms with Crippen molar-refractivity contribution in [2.75, 3.05) is 0 Å². The zero-order valence-electron chi connectivity index (χ0n) is 22.8. The van der Waals surface area contributed by atoms with Crippen LogP contribution in [0.3, 0.4) is 0 Å². The second-order valence-electron chi connectivity index (χ2n) is 11.2. The molecule has 0 aliphatic rings. The third kappa shape index (κ3) is 3.12. The Labute approximate surface area is 241 Å². The van der Waals surface area contributed by atoms with Crippen LogP contribution in [0.4, 0.5) is 0 Å². The van der Waals surface area contributed by atoms with Gasteiger partial charge in [-0.1, -0.05) is 83.9 Å². The first-order valence-corrected chi connectivity index (χ1v) is 14.9. The minimum Gasteiger partial charge on any atom is -0.308 e. The van der Waals surface area contributed by atoms with Crippen molar-refractivity contribution >= 4 is 75.1 Å². The normalized spacial score (nSPS) is 12.1. The predicted octanol–water partition coefficient (Wildman–Crippen LogP) is 10.9. The second kappa shape index (κ2) is 8.33. The lowest BCUT2D eigenvalue weighted by molar-refractivity contribution is 1.19. The Hall–Kier alpha value is -4.86. The van der Waals surface area contributed by atoms with E-state index in [0.717, 1.165) is 0 Å². The lowest BCUT2D eigenvalue weighted by Crippen LogP contribution is -1.93. The molecular formula is C38H26N2S. The highest BCUT2D eigenvalue weighted by molar-refractivity contribution is 7.27. The van der Waals surface area contributed by atoms with E-state index in [0.29, 0.717) is 0 Å². The second-order valence-corrected chi connectivity index (χ2v) is 12.2. The first-order valence-electron chi connectivity index (χ1n) is 14.1. The fraction of sp³-hybridized carbons (Fsp3) is 0.0526. The van der Waals surface area contributed by atoms with E-state index < -0.39 is 0 Å². The first kappa shape index (κ1) is 22.9. The number of fused-ring (bicyclic) bond motifs is 11. The summed E-state index contributed by atoms with van der Waals surface area (Å²) in [6.45, 7) is 4.37. The molecule has 0 aliphatic carbocycles. The van der Waals surface area contributed by atoms with Crippen molar-refractivity contribution in [1.82, 2.24) is 9.13 Å². The third-order valence-corrected chi connectivity index (χ3v) is 9.83. The van der Waals surface area contributed by atoms with Gasteiger partial charge in [0, 0.05) is 43.7 Å². The Morgan fingerprint density at radius 3 is 1.27 bits per heavy atom. The van der Waals surface area contributed by atoms with Crippen LogP contribution in [-0.2, 0) is 0 Å². The molecule has 6 aromatic carbocycles. The number of rotatable bonds is 2. The van der Waals surface area contributed by atoms with Gasteiger partial charge in [0.1, 0.15) is 0 Å². The van der Waals surface area contributed by atoms with Crippen molar-refractivity contribution in [3.63, 3.8) is 0 Å². The van der Waals surface area contributed by atoms with E-state index in [9.17, 15) is 0 Å². The van der Waals surface area contributed by atoms with Crippen LogP contribution >= 0.6 is 11.3 Å². The molecule has 0 amide bonds. The Kier molecular flexibility index (Phi) is 4.65. The number of aromatic nitrogens is 2. The molecule has 0 saturated heterocycles. The molecule has 0 N–H and O–H groups in total. The summed E-state index contributed by atoms with van der Waals surface area (Å²) in [6.07, 6.45) is 0. The molecule has 3 heteroatoms. The van der Waals surface area contributed by atoms with Crippen LogP contribution in [0.5, 0.6) is 0 Å². The van der Waals surface area contributed by atoms with Crippen molar-refractivity contribution in [2.24, 2.45) is 0 Å². The molecule has 9 rings (SSSR count). The smallest absolute Gasteiger partial charge is 0.0719 e. The van der Waals surface area contributed by atoms with Crippen LogP contribution in [0, 0.1) is 13.8 Å². The quantitative estimate of drug-likeness (QED) is 0.206. The number of hydrogen-bond donors (Lipinski definition) is 0. The van der Waals surface area contributed by atoms with Crippen LogP contribution in [0.1, 0.15) is 11.1 Å². The van der Waals surface area contributed by atoms with Crippen molar-refractivity contribution in [3.05, 3.63) is 132 Å². The molecule has 41 heavy (non-hydrogen) atoms. The van der Waals surface area contributed by atoms with Crippen LogP contribution in [0.15, 0.2) is 121 Å². The maximum Gasteiger partial charge on any atom is 0.0719 e. The van der Waals surface area contributed by atoms with Gasteiger partial charge < -0.3 is 9.13 Å². The van der Waals surface area contributed by atoms with Crippen molar-refractivity contribution in [1.29, 1.82) is 0 Å².